The maximum atomic E-state index is 13.2. The molecule has 0 bridgehead atoms. The van der Waals surface area contributed by atoms with E-state index in [1.165, 1.54) is 18.3 Å². The van der Waals surface area contributed by atoms with Crippen LogP contribution >= 0.6 is 0 Å². The number of pyridine rings is 2. The lowest BCUT2D eigenvalue weighted by Crippen LogP contribution is -2.50. The third-order valence-corrected chi connectivity index (χ3v) is 5.77. The number of aromatic amines is 1. The maximum Gasteiger partial charge on any atom is 0.253 e. The number of amides is 1. The largest absolute Gasteiger partial charge is 0.491 e. The molecule has 32 heavy (non-hydrogen) atoms. The molecule has 0 saturated carbocycles. The monoisotopic (exact) mass is 423 g/mol. The van der Waals surface area contributed by atoms with Crippen LogP contribution in [0.1, 0.15) is 28.0 Å². The first-order chi connectivity index (χ1) is 15.7. The van der Waals surface area contributed by atoms with Crippen LogP contribution in [0.5, 0.6) is 5.75 Å². The Labute approximate surface area is 184 Å². The number of ether oxygens (including phenoxy) is 1. The van der Waals surface area contributed by atoms with Crippen molar-refractivity contribution in [2.24, 2.45) is 0 Å². The Balaban J connectivity index is 1.59. The van der Waals surface area contributed by atoms with Crippen molar-refractivity contribution in [3.8, 4) is 16.9 Å². The van der Waals surface area contributed by atoms with Gasteiger partial charge in [0.15, 0.2) is 0 Å². The Morgan fingerprint density at radius 3 is 2.47 bits per heavy atom. The standard InChI is InChI=1S/C26H21N3O3/c30-23-13-10-20(17-28-23)25(31)29-26(14-16-32-22-7-4-15-27-24(22)26)21-11-8-19(9-12-21)18-5-2-1-3-6-18/h1-13,15,17H,14,16H2,(H,28,30)(H,29,31)/t26-/m1/s1. The molecule has 2 aromatic carbocycles. The molecule has 1 aliphatic rings. The lowest BCUT2D eigenvalue weighted by molar-refractivity contribution is 0.0883. The van der Waals surface area contributed by atoms with Crippen molar-refractivity contribution in [1.82, 2.24) is 15.3 Å². The third-order valence-electron chi connectivity index (χ3n) is 5.77. The van der Waals surface area contributed by atoms with E-state index in [0.717, 1.165) is 16.7 Å². The highest BCUT2D eigenvalue weighted by Crippen LogP contribution is 2.41. The van der Waals surface area contributed by atoms with E-state index >= 15 is 0 Å². The summed E-state index contributed by atoms with van der Waals surface area (Å²) >= 11 is 0. The van der Waals surface area contributed by atoms with E-state index in [2.05, 4.69) is 39.6 Å². The highest BCUT2D eigenvalue weighted by atomic mass is 16.5. The lowest BCUT2D eigenvalue weighted by atomic mass is 9.80. The SMILES string of the molecule is O=C(N[C@@]1(c2ccc(-c3ccccc3)cc2)CCOc2cccnc21)c1ccc(=O)[nH]c1. The third kappa shape index (κ3) is 3.56. The first-order valence-electron chi connectivity index (χ1n) is 10.4. The van der Waals surface area contributed by atoms with E-state index in [1.807, 2.05) is 42.5 Å². The molecule has 2 N–H and O–H groups in total. The zero-order valence-corrected chi connectivity index (χ0v) is 17.2. The Bertz CT molecular complexity index is 1300. The van der Waals surface area contributed by atoms with Gasteiger partial charge in [0, 0.05) is 24.9 Å². The second-order valence-electron chi connectivity index (χ2n) is 7.69. The molecule has 5 rings (SSSR count). The molecular formula is C26H21N3O3. The van der Waals surface area contributed by atoms with Crippen molar-refractivity contribution in [1.29, 1.82) is 0 Å². The highest BCUT2D eigenvalue weighted by Gasteiger charge is 2.42. The average molecular weight is 423 g/mol. The van der Waals surface area contributed by atoms with Gasteiger partial charge in [-0.2, -0.15) is 0 Å². The number of carbonyl (C=O) groups excluding carboxylic acids is 1. The molecule has 0 radical (unpaired) electrons. The van der Waals surface area contributed by atoms with Crippen LogP contribution in [0.3, 0.4) is 0 Å². The summed E-state index contributed by atoms with van der Waals surface area (Å²) in [5, 5.41) is 3.20. The fraction of sp³-hybridized carbons (Fsp3) is 0.115. The molecule has 0 saturated heterocycles. The minimum absolute atomic E-state index is 0.258. The van der Waals surface area contributed by atoms with Crippen LogP contribution in [0, 0.1) is 0 Å². The number of nitrogens with zero attached hydrogens (tertiary/aromatic N) is 1. The molecule has 2 aromatic heterocycles. The number of H-pyrrole nitrogens is 1. The number of benzene rings is 2. The Hall–Kier alpha value is -4.19. The van der Waals surface area contributed by atoms with Gasteiger partial charge in [-0.3, -0.25) is 14.6 Å². The van der Waals surface area contributed by atoms with Crippen molar-refractivity contribution >= 4 is 5.91 Å². The molecule has 1 atom stereocenters. The highest BCUT2D eigenvalue weighted by molar-refractivity contribution is 5.94. The smallest absolute Gasteiger partial charge is 0.253 e. The molecule has 6 heteroatoms. The maximum absolute atomic E-state index is 13.2. The number of nitrogens with one attached hydrogen (secondary N) is 2. The number of rotatable bonds is 4. The normalized spacial score (nSPS) is 17.1. The second-order valence-corrected chi connectivity index (χ2v) is 7.69. The Morgan fingerprint density at radius 1 is 0.938 bits per heavy atom. The van der Waals surface area contributed by atoms with Gasteiger partial charge in [-0.15, -0.1) is 0 Å². The Kier molecular flexibility index (Phi) is 5.03. The fourth-order valence-electron chi connectivity index (χ4n) is 4.13. The predicted octanol–water partition coefficient (Wildman–Crippen LogP) is 3.89. The number of hydrogen-bond donors (Lipinski definition) is 2. The topological polar surface area (TPSA) is 84.1 Å². The quantitative estimate of drug-likeness (QED) is 0.522. The molecule has 3 heterocycles. The van der Waals surface area contributed by atoms with E-state index in [0.29, 0.717) is 30.0 Å². The zero-order valence-electron chi connectivity index (χ0n) is 17.2. The zero-order chi connectivity index (χ0) is 22.0. The first-order valence-corrected chi connectivity index (χ1v) is 10.4. The molecule has 158 valence electrons. The minimum Gasteiger partial charge on any atom is -0.491 e. The van der Waals surface area contributed by atoms with Crippen LogP contribution in [0.2, 0.25) is 0 Å². The van der Waals surface area contributed by atoms with Gasteiger partial charge < -0.3 is 15.0 Å². The molecule has 0 aliphatic carbocycles. The molecule has 1 amide bonds. The van der Waals surface area contributed by atoms with E-state index in [4.69, 9.17) is 4.74 Å². The number of aromatic nitrogens is 2. The summed E-state index contributed by atoms with van der Waals surface area (Å²) in [5.41, 5.74) is 3.03. The van der Waals surface area contributed by atoms with Gasteiger partial charge in [-0.05, 0) is 34.9 Å². The summed E-state index contributed by atoms with van der Waals surface area (Å²) in [4.78, 5) is 31.8. The van der Waals surface area contributed by atoms with Gasteiger partial charge in [0.25, 0.3) is 5.91 Å². The van der Waals surface area contributed by atoms with Crippen LogP contribution in [0.15, 0.2) is 96.1 Å². The summed E-state index contributed by atoms with van der Waals surface area (Å²) < 4.78 is 5.83. The molecule has 4 aromatic rings. The molecule has 1 aliphatic heterocycles. The Morgan fingerprint density at radius 2 is 1.72 bits per heavy atom. The van der Waals surface area contributed by atoms with Gasteiger partial charge in [-0.1, -0.05) is 54.6 Å². The van der Waals surface area contributed by atoms with Gasteiger partial charge in [-0.25, -0.2) is 0 Å². The van der Waals surface area contributed by atoms with Crippen LogP contribution in [0.25, 0.3) is 11.1 Å². The van der Waals surface area contributed by atoms with Crippen molar-refractivity contribution in [2.45, 2.75) is 12.0 Å². The van der Waals surface area contributed by atoms with Gasteiger partial charge >= 0.3 is 0 Å². The summed E-state index contributed by atoms with van der Waals surface area (Å²) in [6.07, 6.45) is 3.64. The van der Waals surface area contributed by atoms with Crippen molar-refractivity contribution in [3.63, 3.8) is 0 Å². The summed E-state index contributed by atoms with van der Waals surface area (Å²) in [7, 11) is 0. The van der Waals surface area contributed by atoms with E-state index in [-0.39, 0.29) is 11.5 Å². The molecule has 0 spiro atoms. The molecule has 6 nitrogen and oxygen atoms in total. The van der Waals surface area contributed by atoms with Crippen molar-refractivity contribution < 1.29 is 9.53 Å². The molecule has 0 fully saturated rings. The van der Waals surface area contributed by atoms with Gasteiger partial charge in [0.05, 0.1) is 12.2 Å². The van der Waals surface area contributed by atoms with Gasteiger partial charge in [0.2, 0.25) is 5.56 Å². The van der Waals surface area contributed by atoms with Crippen LogP contribution < -0.4 is 15.6 Å². The van der Waals surface area contributed by atoms with Gasteiger partial charge in [0.1, 0.15) is 17.0 Å². The van der Waals surface area contributed by atoms with Crippen LogP contribution in [-0.4, -0.2) is 22.5 Å². The molecule has 0 unspecified atom stereocenters. The van der Waals surface area contributed by atoms with Crippen LogP contribution in [0.4, 0.5) is 0 Å². The minimum atomic E-state index is -0.864. The number of fused-ring (bicyclic) bond motifs is 1. The molecular weight excluding hydrogens is 402 g/mol. The summed E-state index contributed by atoms with van der Waals surface area (Å²) in [6, 6.07) is 24.8. The fourth-order valence-corrected chi connectivity index (χ4v) is 4.13. The summed E-state index contributed by atoms with van der Waals surface area (Å²) in [6.45, 7) is 0.436. The number of carbonyl (C=O) groups is 1. The predicted molar refractivity (Wildman–Crippen MR) is 122 cm³/mol. The lowest BCUT2D eigenvalue weighted by Gasteiger charge is -2.39. The van der Waals surface area contributed by atoms with E-state index in [9.17, 15) is 9.59 Å². The van der Waals surface area contributed by atoms with E-state index < -0.39 is 5.54 Å². The van der Waals surface area contributed by atoms with E-state index in [1.54, 1.807) is 6.20 Å². The second kappa shape index (κ2) is 8.15. The van der Waals surface area contributed by atoms with Crippen LogP contribution in [-0.2, 0) is 5.54 Å². The first kappa shape index (κ1) is 19.8. The average Bonchev–Trinajstić information content (AvgIpc) is 2.85. The summed E-state index contributed by atoms with van der Waals surface area (Å²) in [5.74, 6) is 0.347. The number of hydrogen-bond acceptors (Lipinski definition) is 4. The van der Waals surface area contributed by atoms with Crippen molar-refractivity contribution in [2.75, 3.05) is 6.61 Å². The van der Waals surface area contributed by atoms with Crippen molar-refractivity contribution in [3.05, 3.63) is 118 Å².